The summed E-state index contributed by atoms with van der Waals surface area (Å²) in [6.07, 6.45) is 13.2. The number of unbranched alkanes of at least 4 members (excludes halogenated alkanes) is 1. The number of allylic oxidation sites excluding steroid dienone is 5. The molecule has 2 heteroatoms. The molecule has 1 aromatic rings. The van der Waals surface area contributed by atoms with E-state index >= 15 is 0 Å². The number of benzene rings is 1. The van der Waals surface area contributed by atoms with E-state index in [1.54, 1.807) is 0 Å². The second-order valence-electron chi connectivity index (χ2n) is 6.67. The molecule has 0 N–H and O–H groups in total. The van der Waals surface area contributed by atoms with E-state index in [0.29, 0.717) is 0 Å². The summed E-state index contributed by atoms with van der Waals surface area (Å²) in [6, 6.07) is 8.57. The van der Waals surface area contributed by atoms with Gasteiger partial charge in [-0.1, -0.05) is 56.7 Å². The predicted octanol–water partition coefficient (Wildman–Crippen LogP) is 5.75. The molecule has 0 aliphatic heterocycles. The molecule has 0 spiro atoms. The highest BCUT2D eigenvalue weighted by Crippen LogP contribution is 2.25. The van der Waals surface area contributed by atoms with Crippen LogP contribution in [0.5, 0.6) is 0 Å². The van der Waals surface area contributed by atoms with Crippen molar-refractivity contribution in [1.82, 2.24) is 4.90 Å². The monoisotopic (exact) mass is 339 g/mol. The summed E-state index contributed by atoms with van der Waals surface area (Å²) in [5.74, 6) is 0.972. The van der Waals surface area contributed by atoms with Crippen molar-refractivity contribution < 1.29 is 4.74 Å². The van der Waals surface area contributed by atoms with Crippen LogP contribution in [0.25, 0.3) is 5.57 Å². The summed E-state index contributed by atoms with van der Waals surface area (Å²) >= 11 is 0. The third-order valence-electron chi connectivity index (χ3n) is 4.72. The first-order valence-electron chi connectivity index (χ1n) is 9.73. The molecule has 0 unspecified atom stereocenters. The van der Waals surface area contributed by atoms with Crippen LogP contribution in [0.3, 0.4) is 0 Å². The lowest BCUT2D eigenvalue weighted by Gasteiger charge is -2.19. The molecule has 136 valence electrons. The van der Waals surface area contributed by atoms with Crippen molar-refractivity contribution in [2.75, 3.05) is 26.2 Å². The van der Waals surface area contributed by atoms with E-state index in [-0.39, 0.29) is 0 Å². The summed E-state index contributed by atoms with van der Waals surface area (Å²) < 4.78 is 5.98. The molecule has 0 heterocycles. The highest BCUT2D eigenvalue weighted by molar-refractivity contribution is 5.71. The van der Waals surface area contributed by atoms with Gasteiger partial charge in [0.05, 0.1) is 6.61 Å². The molecular weight excluding hydrogens is 306 g/mol. The normalized spacial score (nSPS) is 14.2. The first-order valence-corrected chi connectivity index (χ1v) is 9.73. The molecular formula is C23H33NO. The Kier molecular flexibility index (Phi) is 8.54. The summed E-state index contributed by atoms with van der Waals surface area (Å²) in [5.41, 5.74) is 4.01. The van der Waals surface area contributed by atoms with Crippen LogP contribution in [0.15, 0.2) is 54.3 Å². The number of hydrogen-bond donors (Lipinski definition) is 0. The smallest absolute Gasteiger partial charge is 0.118 e. The zero-order chi connectivity index (χ0) is 17.9. The van der Waals surface area contributed by atoms with Crippen LogP contribution >= 0.6 is 0 Å². The van der Waals surface area contributed by atoms with E-state index in [4.69, 9.17) is 4.74 Å². The Hall–Kier alpha value is -1.80. The summed E-state index contributed by atoms with van der Waals surface area (Å²) in [5, 5.41) is 0. The van der Waals surface area contributed by atoms with Gasteiger partial charge >= 0.3 is 0 Å². The van der Waals surface area contributed by atoms with Crippen LogP contribution in [0.4, 0.5) is 0 Å². The lowest BCUT2D eigenvalue weighted by atomic mass is 9.98. The minimum absolute atomic E-state index is 0.784. The lowest BCUT2D eigenvalue weighted by molar-refractivity contribution is 0.192. The number of rotatable bonds is 10. The van der Waals surface area contributed by atoms with Gasteiger partial charge in [-0.3, -0.25) is 0 Å². The SMILES string of the molecule is CCCCN(CC)CCCOC1=CC=C(c2ccccc2C)CC=C1. The number of aryl methyl sites for hydroxylation is 1. The van der Waals surface area contributed by atoms with Gasteiger partial charge in [0.1, 0.15) is 5.76 Å². The molecule has 0 radical (unpaired) electrons. The Morgan fingerprint density at radius 1 is 1.04 bits per heavy atom. The van der Waals surface area contributed by atoms with Crippen molar-refractivity contribution in [2.45, 2.75) is 46.5 Å². The molecule has 0 atom stereocenters. The lowest BCUT2D eigenvalue weighted by Crippen LogP contribution is -2.26. The highest BCUT2D eigenvalue weighted by Gasteiger charge is 2.06. The Balaban J connectivity index is 1.84. The third-order valence-corrected chi connectivity index (χ3v) is 4.72. The van der Waals surface area contributed by atoms with Crippen molar-refractivity contribution in [3.05, 3.63) is 65.5 Å². The van der Waals surface area contributed by atoms with Crippen LogP contribution in [0.2, 0.25) is 0 Å². The Morgan fingerprint density at radius 2 is 1.84 bits per heavy atom. The molecule has 0 saturated carbocycles. The van der Waals surface area contributed by atoms with Crippen LogP contribution in [0, 0.1) is 6.92 Å². The molecule has 25 heavy (non-hydrogen) atoms. The Bertz CT molecular complexity index is 612. The second kappa shape index (κ2) is 10.9. The van der Waals surface area contributed by atoms with Gasteiger partial charge in [-0.05, 0) is 68.1 Å². The predicted molar refractivity (Wildman–Crippen MR) is 109 cm³/mol. The van der Waals surface area contributed by atoms with E-state index < -0.39 is 0 Å². The van der Waals surface area contributed by atoms with Crippen molar-refractivity contribution in [3.63, 3.8) is 0 Å². The molecule has 0 saturated heterocycles. The minimum atomic E-state index is 0.784. The van der Waals surface area contributed by atoms with Gasteiger partial charge in [0.2, 0.25) is 0 Å². The molecule has 1 aromatic carbocycles. The number of nitrogens with zero attached hydrogens (tertiary/aromatic N) is 1. The summed E-state index contributed by atoms with van der Waals surface area (Å²) in [4.78, 5) is 2.51. The summed E-state index contributed by atoms with van der Waals surface area (Å²) in [7, 11) is 0. The van der Waals surface area contributed by atoms with E-state index in [1.807, 2.05) is 0 Å². The van der Waals surface area contributed by atoms with E-state index in [2.05, 4.69) is 74.2 Å². The maximum atomic E-state index is 5.98. The quantitative estimate of drug-likeness (QED) is 0.503. The van der Waals surface area contributed by atoms with E-state index in [0.717, 1.165) is 38.3 Å². The largest absolute Gasteiger partial charge is 0.494 e. The molecule has 2 rings (SSSR count). The minimum Gasteiger partial charge on any atom is -0.494 e. The van der Waals surface area contributed by atoms with Gasteiger partial charge in [-0.15, -0.1) is 0 Å². The fourth-order valence-corrected chi connectivity index (χ4v) is 3.13. The first-order chi connectivity index (χ1) is 12.2. The van der Waals surface area contributed by atoms with Crippen LogP contribution in [0.1, 0.15) is 50.7 Å². The molecule has 0 fully saturated rings. The molecule has 2 nitrogen and oxygen atoms in total. The topological polar surface area (TPSA) is 12.5 Å². The van der Waals surface area contributed by atoms with Gasteiger partial charge in [0, 0.05) is 6.54 Å². The Labute approximate surface area is 153 Å². The van der Waals surface area contributed by atoms with Crippen molar-refractivity contribution in [1.29, 1.82) is 0 Å². The van der Waals surface area contributed by atoms with Crippen molar-refractivity contribution in [2.24, 2.45) is 0 Å². The highest BCUT2D eigenvalue weighted by atomic mass is 16.5. The molecule has 0 amide bonds. The third kappa shape index (κ3) is 6.55. The molecule has 1 aliphatic carbocycles. The van der Waals surface area contributed by atoms with E-state index in [9.17, 15) is 0 Å². The van der Waals surface area contributed by atoms with Crippen LogP contribution in [-0.4, -0.2) is 31.1 Å². The van der Waals surface area contributed by atoms with Gasteiger partial charge in [-0.2, -0.15) is 0 Å². The zero-order valence-electron chi connectivity index (χ0n) is 16.1. The molecule has 1 aliphatic rings. The fourth-order valence-electron chi connectivity index (χ4n) is 3.13. The second-order valence-corrected chi connectivity index (χ2v) is 6.67. The summed E-state index contributed by atoms with van der Waals surface area (Å²) in [6.45, 7) is 10.9. The van der Waals surface area contributed by atoms with Gasteiger partial charge < -0.3 is 9.64 Å². The van der Waals surface area contributed by atoms with Crippen molar-refractivity contribution in [3.8, 4) is 0 Å². The first kappa shape index (κ1) is 19.5. The van der Waals surface area contributed by atoms with Crippen molar-refractivity contribution >= 4 is 5.57 Å². The maximum absolute atomic E-state index is 5.98. The number of ether oxygens (including phenoxy) is 1. The van der Waals surface area contributed by atoms with Crippen LogP contribution in [-0.2, 0) is 4.74 Å². The standard InChI is InChI=1S/C23H33NO/c1-4-6-17-24(5-2)18-10-19-25-22-13-9-12-21(15-16-22)23-14-8-7-11-20(23)3/h7-9,11,13-16H,4-6,10,12,17-19H2,1-3H3. The van der Waals surface area contributed by atoms with Crippen LogP contribution < -0.4 is 0 Å². The zero-order valence-corrected chi connectivity index (χ0v) is 16.1. The Morgan fingerprint density at radius 3 is 2.60 bits per heavy atom. The fraction of sp³-hybridized carbons (Fsp3) is 0.478. The van der Waals surface area contributed by atoms with Gasteiger partial charge in [0.25, 0.3) is 0 Å². The van der Waals surface area contributed by atoms with E-state index in [1.165, 1.54) is 36.1 Å². The number of hydrogen-bond acceptors (Lipinski definition) is 2. The van der Waals surface area contributed by atoms with Gasteiger partial charge in [-0.25, -0.2) is 0 Å². The average molecular weight is 340 g/mol. The molecule has 0 aromatic heterocycles. The average Bonchev–Trinajstić information content (AvgIpc) is 2.87. The molecule has 0 bridgehead atoms. The van der Waals surface area contributed by atoms with Gasteiger partial charge in [0.15, 0.2) is 0 Å². The maximum Gasteiger partial charge on any atom is 0.118 e.